The quantitative estimate of drug-likeness (QED) is 0.769. The molecule has 0 bridgehead atoms. The van der Waals surface area contributed by atoms with Crippen LogP contribution in [0.2, 0.25) is 0 Å². The topological polar surface area (TPSA) is 26.0 Å². The standard InChI is InChI=1S/C16H15F4N.ClH/c17-10-9-15(21)13-3-1-11(2-4-13)12-5-7-14(8-6-12)16(18,19)20;/h1-8,15H,9-10,21H2;1H/t15-;/m0./s1. The van der Waals surface area contributed by atoms with Gasteiger partial charge in [-0.1, -0.05) is 36.4 Å². The van der Waals surface area contributed by atoms with Crippen LogP contribution in [0.25, 0.3) is 11.1 Å². The molecule has 0 aliphatic rings. The van der Waals surface area contributed by atoms with Crippen LogP contribution in [0.15, 0.2) is 48.5 Å². The van der Waals surface area contributed by atoms with Crippen molar-refractivity contribution in [1.29, 1.82) is 0 Å². The molecule has 1 nitrogen and oxygen atoms in total. The Balaban J connectivity index is 0.00000242. The molecule has 0 saturated carbocycles. The Morgan fingerprint density at radius 1 is 0.864 bits per heavy atom. The predicted molar refractivity (Wildman–Crippen MR) is 81.6 cm³/mol. The monoisotopic (exact) mass is 333 g/mol. The molecule has 0 aromatic heterocycles. The normalized spacial score (nSPS) is 12.6. The molecule has 2 rings (SSSR count). The van der Waals surface area contributed by atoms with E-state index in [1.807, 2.05) is 0 Å². The fraction of sp³-hybridized carbons (Fsp3) is 0.250. The first kappa shape index (κ1) is 18.5. The summed E-state index contributed by atoms with van der Waals surface area (Å²) in [6.07, 6.45) is -4.08. The average molecular weight is 334 g/mol. The number of benzene rings is 2. The summed E-state index contributed by atoms with van der Waals surface area (Å²) >= 11 is 0. The minimum absolute atomic E-state index is 0. The average Bonchev–Trinajstić information content (AvgIpc) is 2.47. The molecule has 0 heterocycles. The molecule has 2 N–H and O–H groups in total. The van der Waals surface area contributed by atoms with Crippen LogP contribution in [0.4, 0.5) is 17.6 Å². The van der Waals surface area contributed by atoms with E-state index in [-0.39, 0.29) is 24.9 Å². The highest BCUT2D eigenvalue weighted by molar-refractivity contribution is 5.85. The van der Waals surface area contributed by atoms with Crippen molar-refractivity contribution in [2.45, 2.75) is 18.6 Å². The number of nitrogens with two attached hydrogens (primary N) is 1. The fourth-order valence-electron chi connectivity index (χ4n) is 2.06. The van der Waals surface area contributed by atoms with Gasteiger partial charge in [0.25, 0.3) is 0 Å². The van der Waals surface area contributed by atoms with Crippen LogP contribution in [0, 0.1) is 0 Å². The van der Waals surface area contributed by atoms with Gasteiger partial charge < -0.3 is 5.73 Å². The summed E-state index contributed by atoms with van der Waals surface area (Å²) in [6, 6.07) is 11.7. The second-order valence-corrected chi connectivity index (χ2v) is 4.78. The summed E-state index contributed by atoms with van der Waals surface area (Å²) < 4.78 is 49.7. The van der Waals surface area contributed by atoms with Gasteiger partial charge in [0.15, 0.2) is 0 Å². The van der Waals surface area contributed by atoms with Crippen molar-refractivity contribution >= 4 is 12.4 Å². The molecule has 1 atom stereocenters. The summed E-state index contributed by atoms with van der Waals surface area (Å²) in [6.45, 7) is -0.484. The SMILES string of the molecule is Cl.N[C@@H](CCF)c1ccc(-c2ccc(C(F)(F)F)cc2)cc1. The zero-order valence-corrected chi connectivity index (χ0v) is 12.4. The Labute approximate surface area is 132 Å². The summed E-state index contributed by atoms with van der Waals surface area (Å²) in [7, 11) is 0. The second-order valence-electron chi connectivity index (χ2n) is 4.78. The first-order chi connectivity index (χ1) is 9.91. The third-order valence-corrected chi connectivity index (χ3v) is 3.30. The van der Waals surface area contributed by atoms with Gasteiger partial charge in [0.2, 0.25) is 0 Å². The van der Waals surface area contributed by atoms with Crippen LogP contribution in [-0.2, 0) is 6.18 Å². The molecule has 0 radical (unpaired) electrons. The third-order valence-electron chi connectivity index (χ3n) is 3.30. The summed E-state index contributed by atoms with van der Waals surface area (Å²) in [5.74, 6) is 0. The smallest absolute Gasteiger partial charge is 0.324 e. The van der Waals surface area contributed by atoms with Crippen LogP contribution in [0.1, 0.15) is 23.6 Å². The zero-order valence-electron chi connectivity index (χ0n) is 11.6. The van der Waals surface area contributed by atoms with E-state index in [1.54, 1.807) is 24.3 Å². The van der Waals surface area contributed by atoms with Gasteiger partial charge in [-0.3, -0.25) is 4.39 Å². The van der Waals surface area contributed by atoms with E-state index in [0.29, 0.717) is 5.56 Å². The van der Waals surface area contributed by atoms with Crippen LogP contribution in [-0.4, -0.2) is 6.67 Å². The van der Waals surface area contributed by atoms with E-state index in [4.69, 9.17) is 5.73 Å². The maximum absolute atomic E-state index is 12.5. The van der Waals surface area contributed by atoms with Crippen molar-refractivity contribution in [1.82, 2.24) is 0 Å². The van der Waals surface area contributed by atoms with Gasteiger partial charge >= 0.3 is 6.18 Å². The molecule has 0 aliphatic heterocycles. The van der Waals surface area contributed by atoms with Crippen molar-refractivity contribution in [3.05, 3.63) is 59.7 Å². The summed E-state index contributed by atoms with van der Waals surface area (Å²) in [5.41, 5.74) is 7.41. The number of hydrogen-bond acceptors (Lipinski definition) is 1. The zero-order chi connectivity index (χ0) is 15.5. The van der Waals surface area contributed by atoms with Crippen molar-refractivity contribution < 1.29 is 17.6 Å². The molecule has 0 aliphatic carbocycles. The van der Waals surface area contributed by atoms with Gasteiger partial charge in [-0.05, 0) is 35.2 Å². The van der Waals surface area contributed by atoms with Crippen molar-refractivity contribution in [2.24, 2.45) is 5.73 Å². The molecule has 0 unspecified atom stereocenters. The molecule has 0 amide bonds. The minimum atomic E-state index is -4.33. The van der Waals surface area contributed by atoms with E-state index >= 15 is 0 Å². The highest BCUT2D eigenvalue weighted by Gasteiger charge is 2.29. The lowest BCUT2D eigenvalue weighted by molar-refractivity contribution is -0.137. The molecule has 0 saturated heterocycles. The van der Waals surface area contributed by atoms with E-state index in [9.17, 15) is 17.6 Å². The Kier molecular flexibility index (Phi) is 6.38. The maximum Gasteiger partial charge on any atom is 0.416 e. The Morgan fingerprint density at radius 2 is 1.32 bits per heavy atom. The van der Waals surface area contributed by atoms with E-state index < -0.39 is 18.4 Å². The van der Waals surface area contributed by atoms with Crippen molar-refractivity contribution in [3.8, 4) is 11.1 Å². The largest absolute Gasteiger partial charge is 0.416 e. The Hall–Kier alpha value is -1.59. The number of hydrogen-bond donors (Lipinski definition) is 1. The molecule has 120 valence electrons. The Morgan fingerprint density at radius 3 is 1.73 bits per heavy atom. The van der Waals surface area contributed by atoms with E-state index in [2.05, 4.69) is 0 Å². The van der Waals surface area contributed by atoms with Crippen LogP contribution in [0.3, 0.4) is 0 Å². The van der Waals surface area contributed by atoms with Gasteiger partial charge in [0.1, 0.15) is 0 Å². The summed E-state index contributed by atoms with van der Waals surface area (Å²) in [4.78, 5) is 0. The van der Waals surface area contributed by atoms with Crippen LogP contribution in [0.5, 0.6) is 0 Å². The lowest BCUT2D eigenvalue weighted by atomic mass is 9.99. The molecule has 2 aromatic carbocycles. The molecule has 2 aromatic rings. The van der Waals surface area contributed by atoms with E-state index in [1.165, 1.54) is 12.1 Å². The van der Waals surface area contributed by atoms with Crippen molar-refractivity contribution in [2.75, 3.05) is 6.67 Å². The molecule has 0 spiro atoms. The maximum atomic E-state index is 12.5. The number of rotatable bonds is 4. The predicted octanol–water partition coefficient (Wildman–Crippen LogP) is 5.15. The van der Waals surface area contributed by atoms with Gasteiger partial charge in [-0.15, -0.1) is 12.4 Å². The van der Waals surface area contributed by atoms with Gasteiger partial charge in [-0.25, -0.2) is 0 Å². The first-order valence-electron chi connectivity index (χ1n) is 6.51. The fourth-order valence-corrected chi connectivity index (χ4v) is 2.06. The lowest BCUT2D eigenvalue weighted by Gasteiger charge is -2.11. The lowest BCUT2D eigenvalue weighted by Crippen LogP contribution is -2.10. The van der Waals surface area contributed by atoms with Crippen LogP contribution < -0.4 is 5.73 Å². The van der Waals surface area contributed by atoms with Gasteiger partial charge in [-0.2, -0.15) is 13.2 Å². The first-order valence-corrected chi connectivity index (χ1v) is 6.51. The molecule has 6 heteroatoms. The van der Waals surface area contributed by atoms with Crippen LogP contribution >= 0.6 is 12.4 Å². The third kappa shape index (κ3) is 4.45. The van der Waals surface area contributed by atoms with E-state index in [0.717, 1.165) is 23.3 Å². The van der Waals surface area contributed by atoms with Gasteiger partial charge in [0, 0.05) is 6.04 Å². The number of halogens is 5. The summed E-state index contributed by atoms with van der Waals surface area (Å²) in [5, 5.41) is 0. The highest BCUT2D eigenvalue weighted by Crippen LogP contribution is 2.31. The minimum Gasteiger partial charge on any atom is -0.324 e. The van der Waals surface area contributed by atoms with Gasteiger partial charge in [0.05, 0.1) is 12.2 Å². The molecule has 22 heavy (non-hydrogen) atoms. The Bertz CT molecular complexity index is 579. The van der Waals surface area contributed by atoms with Crippen molar-refractivity contribution in [3.63, 3.8) is 0 Å². The molecular formula is C16H16ClF4N. The second kappa shape index (κ2) is 7.61. The number of alkyl halides is 4. The molecular weight excluding hydrogens is 318 g/mol. The highest BCUT2D eigenvalue weighted by atomic mass is 35.5. The molecule has 0 fully saturated rings.